The van der Waals surface area contributed by atoms with E-state index in [1.54, 1.807) is 36.7 Å². The minimum Gasteiger partial charge on any atom is -0.378 e. The smallest absolute Gasteiger partial charge is 0.323 e. The van der Waals surface area contributed by atoms with Gasteiger partial charge in [0.25, 0.3) is 0 Å². The summed E-state index contributed by atoms with van der Waals surface area (Å²) in [7, 11) is 0. The van der Waals surface area contributed by atoms with Crippen molar-refractivity contribution in [1.82, 2.24) is 15.0 Å². The van der Waals surface area contributed by atoms with E-state index in [0.29, 0.717) is 59.2 Å². The summed E-state index contributed by atoms with van der Waals surface area (Å²) in [6.45, 7) is 2.63. The third-order valence-electron chi connectivity index (χ3n) is 5.64. The summed E-state index contributed by atoms with van der Waals surface area (Å²) in [6.07, 6.45) is 3.39. The van der Waals surface area contributed by atoms with Crippen molar-refractivity contribution in [3.05, 3.63) is 76.8 Å². The average molecular weight is 527 g/mol. The van der Waals surface area contributed by atoms with E-state index < -0.39 is 11.8 Å². The highest BCUT2D eigenvalue weighted by Gasteiger charge is 2.21. The van der Waals surface area contributed by atoms with Gasteiger partial charge in [-0.15, -0.1) is 0 Å². The Morgan fingerprint density at radius 3 is 2.50 bits per heavy atom. The Morgan fingerprint density at radius 1 is 0.972 bits per heavy atom. The van der Waals surface area contributed by atoms with Gasteiger partial charge in [0.1, 0.15) is 5.82 Å². The molecule has 3 N–H and O–H groups in total. The molecule has 0 radical (unpaired) electrons. The number of amides is 2. The first-order valence-corrected chi connectivity index (χ1v) is 11.9. The topological polar surface area (TPSA) is 95.2 Å². The fourth-order valence-corrected chi connectivity index (χ4v) is 4.15. The lowest BCUT2D eigenvalue weighted by Gasteiger charge is -2.26. The SMILES string of the molecule is O=C(Nc1ccc(Cl)c(Cl)c1)Nc1cc(-c2nc(N3CCOCC3)[nH]c2-c2ccncc2)ccc1F. The predicted octanol–water partition coefficient (Wildman–Crippen LogP) is 6.07. The number of nitrogens with zero attached hydrogens (tertiary/aromatic N) is 3. The first-order chi connectivity index (χ1) is 17.5. The van der Waals surface area contributed by atoms with Crippen molar-refractivity contribution in [2.75, 3.05) is 41.8 Å². The normalized spacial score (nSPS) is 13.5. The van der Waals surface area contributed by atoms with E-state index in [2.05, 4.69) is 25.5 Å². The standard InChI is InChI=1S/C25H21Cl2FN6O2/c26-18-3-2-17(14-19(18)27)30-25(35)31-21-13-16(1-4-20(21)28)23-22(15-5-7-29-8-6-15)32-24(33-23)34-9-11-36-12-10-34/h1-8,13-14H,9-12H2,(H,32,33)(H2,30,31,35). The molecule has 0 aliphatic carbocycles. The Balaban J connectivity index is 1.45. The van der Waals surface area contributed by atoms with Crippen LogP contribution in [0.25, 0.3) is 22.5 Å². The third kappa shape index (κ3) is 5.28. The highest BCUT2D eigenvalue weighted by molar-refractivity contribution is 6.42. The maximum Gasteiger partial charge on any atom is 0.323 e. The number of ether oxygens (including phenoxy) is 1. The van der Waals surface area contributed by atoms with Crippen molar-refractivity contribution in [3.8, 4) is 22.5 Å². The van der Waals surface area contributed by atoms with Crippen LogP contribution in [0.5, 0.6) is 0 Å². The number of benzene rings is 2. The van der Waals surface area contributed by atoms with Crippen molar-refractivity contribution >= 4 is 46.6 Å². The van der Waals surface area contributed by atoms with Gasteiger partial charge in [0.05, 0.1) is 40.3 Å². The largest absolute Gasteiger partial charge is 0.378 e. The molecule has 0 unspecified atom stereocenters. The van der Waals surface area contributed by atoms with Gasteiger partial charge >= 0.3 is 6.03 Å². The first-order valence-electron chi connectivity index (χ1n) is 11.1. The average Bonchev–Trinajstić information content (AvgIpc) is 3.34. The van der Waals surface area contributed by atoms with Crippen LogP contribution in [0, 0.1) is 5.82 Å². The second kappa shape index (κ2) is 10.5. The molecule has 2 aromatic carbocycles. The van der Waals surface area contributed by atoms with Crippen molar-refractivity contribution in [2.24, 2.45) is 0 Å². The molecule has 5 rings (SSSR count). The summed E-state index contributed by atoms with van der Waals surface area (Å²) in [4.78, 5) is 27.0. The molecule has 1 aliphatic heterocycles. The van der Waals surface area contributed by atoms with Crippen LogP contribution in [0.1, 0.15) is 0 Å². The number of H-pyrrole nitrogens is 1. The van der Waals surface area contributed by atoms with E-state index in [4.69, 9.17) is 32.9 Å². The number of aromatic nitrogens is 3. The van der Waals surface area contributed by atoms with Crippen LogP contribution in [0.4, 0.5) is 26.5 Å². The number of morpholine rings is 1. The number of halogens is 3. The second-order valence-corrected chi connectivity index (χ2v) is 8.84. The maximum absolute atomic E-state index is 14.7. The van der Waals surface area contributed by atoms with Gasteiger partial charge in [0, 0.05) is 42.3 Å². The number of imidazole rings is 1. The Bertz CT molecular complexity index is 1390. The van der Waals surface area contributed by atoms with E-state index in [1.165, 1.54) is 12.1 Å². The number of hydrogen-bond donors (Lipinski definition) is 3. The fraction of sp³-hybridized carbons (Fsp3) is 0.160. The van der Waals surface area contributed by atoms with Gasteiger partial charge in [-0.1, -0.05) is 23.2 Å². The zero-order chi connectivity index (χ0) is 25.1. The highest BCUT2D eigenvalue weighted by Crippen LogP contribution is 2.34. The van der Waals surface area contributed by atoms with Gasteiger partial charge in [-0.2, -0.15) is 0 Å². The van der Waals surface area contributed by atoms with Gasteiger partial charge in [-0.25, -0.2) is 14.2 Å². The number of hydrogen-bond acceptors (Lipinski definition) is 5. The molecular weight excluding hydrogens is 506 g/mol. The summed E-state index contributed by atoms with van der Waals surface area (Å²) in [5.41, 5.74) is 3.31. The van der Waals surface area contributed by atoms with Gasteiger partial charge in [-0.3, -0.25) is 4.98 Å². The summed E-state index contributed by atoms with van der Waals surface area (Å²) >= 11 is 11.9. The number of rotatable bonds is 5. The fourth-order valence-electron chi connectivity index (χ4n) is 3.85. The molecule has 4 aromatic rings. The molecular formula is C25H21Cl2FN6O2. The van der Waals surface area contributed by atoms with E-state index in [9.17, 15) is 9.18 Å². The Kier molecular flexibility index (Phi) is 7.04. The van der Waals surface area contributed by atoms with Crippen LogP contribution in [0.2, 0.25) is 10.0 Å². The molecule has 0 atom stereocenters. The lowest BCUT2D eigenvalue weighted by atomic mass is 10.1. The van der Waals surface area contributed by atoms with Crippen LogP contribution in [0.15, 0.2) is 60.9 Å². The van der Waals surface area contributed by atoms with Crippen molar-refractivity contribution in [3.63, 3.8) is 0 Å². The number of nitrogens with one attached hydrogen (secondary N) is 3. The lowest BCUT2D eigenvalue weighted by molar-refractivity contribution is 0.122. The molecule has 3 heterocycles. The molecule has 184 valence electrons. The van der Waals surface area contributed by atoms with Gasteiger partial charge in [-0.05, 0) is 48.5 Å². The number of pyridine rings is 1. The molecule has 36 heavy (non-hydrogen) atoms. The van der Waals surface area contributed by atoms with Crippen LogP contribution in [-0.4, -0.2) is 47.3 Å². The molecule has 2 aromatic heterocycles. The van der Waals surface area contributed by atoms with E-state index in [0.717, 1.165) is 11.3 Å². The zero-order valence-electron chi connectivity index (χ0n) is 18.9. The lowest BCUT2D eigenvalue weighted by Crippen LogP contribution is -2.36. The monoisotopic (exact) mass is 526 g/mol. The molecule has 2 amide bonds. The minimum atomic E-state index is -0.630. The molecule has 1 fully saturated rings. The Labute approximate surface area is 216 Å². The van der Waals surface area contributed by atoms with Crippen LogP contribution >= 0.6 is 23.2 Å². The molecule has 8 nitrogen and oxygen atoms in total. The molecule has 1 saturated heterocycles. The number of carbonyl (C=O) groups excluding carboxylic acids is 1. The number of urea groups is 1. The number of anilines is 3. The summed E-state index contributed by atoms with van der Waals surface area (Å²) in [5, 5.41) is 5.83. The predicted molar refractivity (Wildman–Crippen MR) is 139 cm³/mol. The summed E-state index contributed by atoms with van der Waals surface area (Å²) < 4.78 is 20.1. The first kappa shape index (κ1) is 24.1. The highest BCUT2D eigenvalue weighted by atomic mass is 35.5. The summed E-state index contributed by atoms with van der Waals surface area (Å²) in [5.74, 6) is 0.105. The Morgan fingerprint density at radius 2 is 1.75 bits per heavy atom. The second-order valence-electron chi connectivity index (χ2n) is 8.02. The van der Waals surface area contributed by atoms with Crippen LogP contribution in [0.3, 0.4) is 0 Å². The number of aromatic amines is 1. The zero-order valence-corrected chi connectivity index (χ0v) is 20.4. The van der Waals surface area contributed by atoms with Crippen LogP contribution in [-0.2, 0) is 4.74 Å². The number of carbonyl (C=O) groups is 1. The van der Waals surface area contributed by atoms with Crippen molar-refractivity contribution < 1.29 is 13.9 Å². The maximum atomic E-state index is 14.7. The van der Waals surface area contributed by atoms with Gasteiger partial charge in [0.15, 0.2) is 0 Å². The van der Waals surface area contributed by atoms with Crippen molar-refractivity contribution in [2.45, 2.75) is 0 Å². The van der Waals surface area contributed by atoms with Gasteiger partial charge < -0.3 is 25.3 Å². The molecule has 1 aliphatic rings. The summed E-state index contributed by atoms with van der Waals surface area (Å²) in [6, 6.07) is 12.2. The molecule has 0 saturated carbocycles. The van der Waals surface area contributed by atoms with Gasteiger partial charge in [0.2, 0.25) is 5.95 Å². The minimum absolute atomic E-state index is 0.00154. The molecule has 0 bridgehead atoms. The van der Waals surface area contributed by atoms with Crippen molar-refractivity contribution in [1.29, 1.82) is 0 Å². The molecule has 0 spiro atoms. The molecule has 11 heteroatoms. The van der Waals surface area contributed by atoms with E-state index in [-0.39, 0.29) is 5.69 Å². The third-order valence-corrected chi connectivity index (χ3v) is 6.38. The Hall–Kier alpha value is -3.66. The van der Waals surface area contributed by atoms with E-state index in [1.807, 2.05) is 12.1 Å². The van der Waals surface area contributed by atoms with Crippen LogP contribution < -0.4 is 15.5 Å². The van der Waals surface area contributed by atoms with E-state index >= 15 is 0 Å². The quantitative estimate of drug-likeness (QED) is 0.293.